The highest BCUT2D eigenvalue weighted by Gasteiger charge is 2.20. The molecule has 1 N–H and O–H groups in total. The van der Waals surface area contributed by atoms with Crippen LogP contribution in [0.5, 0.6) is 0 Å². The highest BCUT2D eigenvalue weighted by Crippen LogP contribution is 2.21. The molecule has 1 heterocycles. The van der Waals surface area contributed by atoms with Crippen molar-refractivity contribution in [2.75, 3.05) is 6.61 Å². The van der Waals surface area contributed by atoms with Crippen molar-refractivity contribution in [3.63, 3.8) is 0 Å². The van der Waals surface area contributed by atoms with E-state index in [-0.39, 0.29) is 11.5 Å². The first-order valence-electron chi connectivity index (χ1n) is 5.64. The molecule has 0 bridgehead atoms. The van der Waals surface area contributed by atoms with Crippen molar-refractivity contribution in [3.8, 4) is 0 Å². The molecular formula is C12H15NO3. The van der Waals surface area contributed by atoms with E-state index in [4.69, 9.17) is 4.74 Å². The van der Waals surface area contributed by atoms with Crippen molar-refractivity contribution in [3.05, 3.63) is 33.2 Å². The molecule has 0 spiro atoms. The summed E-state index contributed by atoms with van der Waals surface area (Å²) in [5.74, 6) is -0.336. The Kier molecular flexibility index (Phi) is 3.08. The SMILES string of the molecule is CCOC(=O)c1c[nH]c(=O)c2c1CCCC2. The van der Waals surface area contributed by atoms with Gasteiger partial charge in [0.05, 0.1) is 12.2 Å². The Morgan fingerprint density at radius 2 is 2.06 bits per heavy atom. The lowest BCUT2D eigenvalue weighted by atomic mass is 9.90. The summed E-state index contributed by atoms with van der Waals surface area (Å²) in [5, 5.41) is 0. The van der Waals surface area contributed by atoms with Crippen LogP contribution in [0.1, 0.15) is 41.3 Å². The number of aromatic amines is 1. The molecule has 0 atom stereocenters. The van der Waals surface area contributed by atoms with Crippen LogP contribution in [-0.2, 0) is 17.6 Å². The number of carbonyl (C=O) groups excluding carboxylic acids is 1. The molecule has 1 aromatic rings. The van der Waals surface area contributed by atoms with Gasteiger partial charge in [-0.25, -0.2) is 4.79 Å². The number of carbonyl (C=O) groups is 1. The Morgan fingerprint density at radius 3 is 2.75 bits per heavy atom. The Bertz CT molecular complexity index is 462. The average Bonchev–Trinajstić information content (AvgIpc) is 2.30. The minimum atomic E-state index is -0.336. The van der Waals surface area contributed by atoms with E-state index >= 15 is 0 Å². The van der Waals surface area contributed by atoms with E-state index in [0.29, 0.717) is 12.2 Å². The van der Waals surface area contributed by atoms with Crippen molar-refractivity contribution in [1.29, 1.82) is 0 Å². The Hall–Kier alpha value is -1.58. The van der Waals surface area contributed by atoms with Crippen LogP contribution in [-0.4, -0.2) is 17.6 Å². The number of nitrogens with one attached hydrogen (secondary N) is 1. The fourth-order valence-electron chi connectivity index (χ4n) is 2.16. The molecule has 0 fully saturated rings. The number of rotatable bonds is 2. The Labute approximate surface area is 93.6 Å². The number of hydrogen-bond donors (Lipinski definition) is 1. The van der Waals surface area contributed by atoms with Crippen molar-refractivity contribution in [2.45, 2.75) is 32.6 Å². The predicted octanol–water partition coefficient (Wildman–Crippen LogP) is 1.43. The number of esters is 1. The summed E-state index contributed by atoms with van der Waals surface area (Å²) < 4.78 is 4.97. The van der Waals surface area contributed by atoms with Gasteiger partial charge < -0.3 is 9.72 Å². The second-order valence-electron chi connectivity index (χ2n) is 3.92. The minimum absolute atomic E-state index is 0.0669. The zero-order valence-electron chi connectivity index (χ0n) is 9.34. The molecule has 16 heavy (non-hydrogen) atoms. The topological polar surface area (TPSA) is 59.2 Å². The van der Waals surface area contributed by atoms with Gasteiger partial charge in [0.2, 0.25) is 0 Å². The zero-order chi connectivity index (χ0) is 11.5. The van der Waals surface area contributed by atoms with Crippen LogP contribution < -0.4 is 5.56 Å². The van der Waals surface area contributed by atoms with Crippen molar-refractivity contribution < 1.29 is 9.53 Å². The van der Waals surface area contributed by atoms with Crippen LogP contribution in [0.15, 0.2) is 11.0 Å². The van der Waals surface area contributed by atoms with Crippen LogP contribution >= 0.6 is 0 Å². The first-order chi connectivity index (χ1) is 7.74. The van der Waals surface area contributed by atoms with Gasteiger partial charge in [-0.1, -0.05) is 0 Å². The van der Waals surface area contributed by atoms with Gasteiger partial charge in [-0.15, -0.1) is 0 Å². The number of ether oxygens (including phenoxy) is 1. The zero-order valence-corrected chi connectivity index (χ0v) is 9.34. The van der Waals surface area contributed by atoms with Crippen LogP contribution in [0.4, 0.5) is 0 Å². The summed E-state index contributed by atoms with van der Waals surface area (Å²) in [6, 6.07) is 0. The standard InChI is InChI=1S/C12H15NO3/c1-2-16-12(15)10-7-13-11(14)9-6-4-3-5-8(9)10/h7H,2-6H2,1H3,(H,13,14). The van der Waals surface area contributed by atoms with Crippen LogP contribution in [0.25, 0.3) is 0 Å². The van der Waals surface area contributed by atoms with E-state index < -0.39 is 0 Å². The number of hydrogen-bond acceptors (Lipinski definition) is 3. The van der Waals surface area contributed by atoms with Gasteiger partial charge in [0.1, 0.15) is 0 Å². The molecule has 1 aromatic heterocycles. The molecule has 0 saturated carbocycles. The highest BCUT2D eigenvalue weighted by molar-refractivity contribution is 5.91. The first kappa shape index (κ1) is 10.9. The van der Waals surface area contributed by atoms with Gasteiger partial charge in [-0.05, 0) is 38.2 Å². The van der Waals surface area contributed by atoms with Gasteiger partial charge in [0, 0.05) is 11.8 Å². The van der Waals surface area contributed by atoms with Gasteiger partial charge in [-0.3, -0.25) is 4.79 Å². The van der Waals surface area contributed by atoms with E-state index in [1.54, 1.807) is 6.92 Å². The summed E-state index contributed by atoms with van der Waals surface area (Å²) in [6.07, 6.45) is 5.08. The predicted molar refractivity (Wildman–Crippen MR) is 59.7 cm³/mol. The molecule has 4 heteroatoms. The third kappa shape index (κ3) is 1.87. The van der Waals surface area contributed by atoms with Crippen molar-refractivity contribution in [2.24, 2.45) is 0 Å². The summed E-state index contributed by atoms with van der Waals surface area (Å²) >= 11 is 0. The second kappa shape index (κ2) is 4.51. The molecule has 1 aliphatic rings. The van der Waals surface area contributed by atoms with Gasteiger partial charge in [0.15, 0.2) is 0 Å². The molecule has 4 nitrogen and oxygen atoms in total. The normalized spacial score (nSPS) is 14.3. The lowest BCUT2D eigenvalue weighted by molar-refractivity contribution is 0.0524. The number of fused-ring (bicyclic) bond motifs is 1. The monoisotopic (exact) mass is 221 g/mol. The van der Waals surface area contributed by atoms with Crippen LogP contribution in [0.3, 0.4) is 0 Å². The Morgan fingerprint density at radius 1 is 1.38 bits per heavy atom. The summed E-state index contributed by atoms with van der Waals surface area (Å²) in [7, 11) is 0. The smallest absolute Gasteiger partial charge is 0.339 e. The number of H-pyrrole nitrogens is 1. The van der Waals surface area contributed by atoms with E-state index in [9.17, 15) is 9.59 Å². The van der Waals surface area contributed by atoms with Gasteiger partial charge >= 0.3 is 5.97 Å². The molecule has 2 rings (SSSR count). The van der Waals surface area contributed by atoms with E-state index in [1.165, 1.54) is 6.20 Å². The fraction of sp³-hybridized carbons (Fsp3) is 0.500. The number of pyridine rings is 1. The molecular weight excluding hydrogens is 206 g/mol. The quantitative estimate of drug-likeness (QED) is 0.768. The third-order valence-corrected chi connectivity index (χ3v) is 2.91. The average molecular weight is 221 g/mol. The molecule has 0 unspecified atom stereocenters. The molecule has 0 saturated heterocycles. The molecule has 0 aliphatic heterocycles. The maximum atomic E-state index is 11.7. The molecule has 0 aromatic carbocycles. The van der Waals surface area contributed by atoms with Crippen LogP contribution in [0.2, 0.25) is 0 Å². The Balaban J connectivity index is 2.47. The minimum Gasteiger partial charge on any atom is -0.462 e. The first-order valence-corrected chi connectivity index (χ1v) is 5.64. The molecule has 0 radical (unpaired) electrons. The largest absolute Gasteiger partial charge is 0.462 e. The number of aromatic nitrogens is 1. The van der Waals surface area contributed by atoms with Gasteiger partial charge in [-0.2, -0.15) is 0 Å². The van der Waals surface area contributed by atoms with Crippen LogP contribution in [0, 0.1) is 0 Å². The van der Waals surface area contributed by atoms with E-state index in [2.05, 4.69) is 4.98 Å². The maximum absolute atomic E-state index is 11.7. The summed E-state index contributed by atoms with van der Waals surface area (Å²) in [4.78, 5) is 25.9. The molecule has 0 amide bonds. The van der Waals surface area contributed by atoms with Crippen molar-refractivity contribution >= 4 is 5.97 Å². The van der Waals surface area contributed by atoms with E-state index in [1.807, 2.05) is 0 Å². The molecule has 86 valence electrons. The maximum Gasteiger partial charge on any atom is 0.339 e. The van der Waals surface area contributed by atoms with Crippen molar-refractivity contribution in [1.82, 2.24) is 4.98 Å². The lowest BCUT2D eigenvalue weighted by Crippen LogP contribution is -2.23. The second-order valence-corrected chi connectivity index (χ2v) is 3.92. The summed E-state index contributed by atoms with van der Waals surface area (Å²) in [5.41, 5.74) is 2.10. The lowest BCUT2D eigenvalue weighted by Gasteiger charge is -2.17. The van der Waals surface area contributed by atoms with E-state index in [0.717, 1.165) is 36.8 Å². The summed E-state index contributed by atoms with van der Waals surface area (Å²) in [6.45, 7) is 2.13. The fourth-order valence-corrected chi connectivity index (χ4v) is 2.16. The highest BCUT2D eigenvalue weighted by atomic mass is 16.5. The van der Waals surface area contributed by atoms with Gasteiger partial charge in [0.25, 0.3) is 5.56 Å². The third-order valence-electron chi connectivity index (χ3n) is 2.91. The molecule has 1 aliphatic carbocycles.